The Balaban J connectivity index is 0.00000156. The Bertz CT molecular complexity index is 1620. The number of halogens is 2. The number of carbonyl (C=O) groups excluding carboxylic acids is 2. The van der Waals surface area contributed by atoms with Crippen LogP contribution in [0.1, 0.15) is 51.4 Å². The van der Waals surface area contributed by atoms with Gasteiger partial charge in [0.2, 0.25) is 0 Å². The van der Waals surface area contributed by atoms with Gasteiger partial charge >= 0.3 is 0 Å². The number of nitrogens with two attached hydrogens (primary N) is 1. The van der Waals surface area contributed by atoms with E-state index in [4.69, 9.17) is 17.3 Å². The average Bonchev–Trinajstić information content (AvgIpc) is 3.34. The third-order valence-electron chi connectivity index (χ3n) is 5.70. The molecule has 7 nitrogen and oxygen atoms in total. The first-order valence-electron chi connectivity index (χ1n) is 11.7. The Kier molecular flexibility index (Phi) is 7.79. The van der Waals surface area contributed by atoms with Gasteiger partial charge in [0.25, 0.3) is 11.8 Å². The van der Waals surface area contributed by atoms with E-state index in [0.717, 1.165) is 10.9 Å². The zero-order valence-corrected chi connectivity index (χ0v) is 21.1. The summed E-state index contributed by atoms with van der Waals surface area (Å²) in [5.74, 6) is -1.35. The van der Waals surface area contributed by atoms with Crippen LogP contribution in [0.4, 0.5) is 4.39 Å². The highest BCUT2D eigenvalue weighted by atomic mass is 35.5. The number of hydrogen-bond donors (Lipinski definition) is 3. The van der Waals surface area contributed by atoms with Crippen LogP contribution in [0.2, 0.25) is 5.02 Å². The molecule has 9 heteroatoms. The van der Waals surface area contributed by atoms with E-state index in [1.54, 1.807) is 36.5 Å². The van der Waals surface area contributed by atoms with Crippen LogP contribution < -0.4 is 11.1 Å². The number of benzene rings is 2. The van der Waals surface area contributed by atoms with E-state index in [1.807, 2.05) is 26.0 Å². The molecule has 0 aliphatic rings. The molecule has 0 aliphatic heterocycles. The molecule has 2 aromatic carbocycles. The Morgan fingerprint density at radius 2 is 1.86 bits per heavy atom. The number of rotatable bonds is 6. The number of hydrogen-bond acceptors (Lipinski definition) is 4. The van der Waals surface area contributed by atoms with Gasteiger partial charge in [-0.25, -0.2) is 4.39 Å². The summed E-state index contributed by atoms with van der Waals surface area (Å²) < 4.78 is 14.4. The van der Waals surface area contributed by atoms with Gasteiger partial charge in [-0.2, -0.15) is 0 Å². The van der Waals surface area contributed by atoms with Crippen molar-refractivity contribution in [2.24, 2.45) is 5.73 Å². The molecule has 5 aromatic rings. The summed E-state index contributed by atoms with van der Waals surface area (Å²) in [5.41, 5.74) is 9.16. The van der Waals surface area contributed by atoms with E-state index >= 15 is 0 Å². The van der Waals surface area contributed by atoms with Crippen LogP contribution in [-0.4, -0.2) is 26.8 Å². The standard InChI is InChI=1S/C26H19ClFN5O2.C2H6/c27-19-9-17-5-14(7-21(25(29)34)24(17)32-13-19)6-20-10-16(2-3-30-20)26(35)33-12-18-8-15-1-4-31-23(15)11-22(18)28;1-2/h1-5,7-11,13,31H,6,12H2,(H2,29,34)(H,33,35);1-2H3. The molecule has 0 radical (unpaired) electrons. The zero-order chi connectivity index (χ0) is 26.5. The molecular weight excluding hydrogens is 493 g/mol. The number of amides is 2. The summed E-state index contributed by atoms with van der Waals surface area (Å²) in [4.78, 5) is 36.2. The van der Waals surface area contributed by atoms with Crippen molar-refractivity contribution in [3.63, 3.8) is 0 Å². The SMILES string of the molecule is CC.NC(=O)c1cc(Cc2cc(C(=O)NCc3cc4cc[nH]c4cc3F)ccn2)cc2cc(Cl)cnc12. The van der Waals surface area contributed by atoms with Crippen LogP contribution in [0.15, 0.2) is 67.1 Å². The van der Waals surface area contributed by atoms with Crippen molar-refractivity contribution in [3.8, 4) is 0 Å². The number of aromatic amines is 1. The van der Waals surface area contributed by atoms with Gasteiger partial charge in [0, 0.05) is 59.3 Å². The molecule has 37 heavy (non-hydrogen) atoms. The van der Waals surface area contributed by atoms with Gasteiger partial charge in [0.15, 0.2) is 0 Å². The molecule has 3 aromatic heterocycles. The maximum absolute atomic E-state index is 14.4. The minimum atomic E-state index is -0.599. The van der Waals surface area contributed by atoms with Gasteiger partial charge in [0.1, 0.15) is 5.82 Å². The van der Waals surface area contributed by atoms with E-state index in [2.05, 4.69) is 20.3 Å². The minimum absolute atomic E-state index is 0.0455. The first-order valence-corrected chi connectivity index (χ1v) is 12.1. The number of nitrogens with one attached hydrogen (secondary N) is 2. The van der Waals surface area contributed by atoms with Crippen LogP contribution >= 0.6 is 11.6 Å². The lowest BCUT2D eigenvalue weighted by Gasteiger charge is -2.10. The van der Waals surface area contributed by atoms with Gasteiger partial charge in [-0.3, -0.25) is 19.6 Å². The third kappa shape index (κ3) is 5.76. The van der Waals surface area contributed by atoms with Crippen molar-refractivity contribution in [2.45, 2.75) is 26.8 Å². The highest BCUT2D eigenvalue weighted by Gasteiger charge is 2.14. The maximum Gasteiger partial charge on any atom is 0.251 e. The third-order valence-corrected chi connectivity index (χ3v) is 5.91. The van der Waals surface area contributed by atoms with Crippen molar-refractivity contribution in [1.29, 1.82) is 0 Å². The Morgan fingerprint density at radius 3 is 2.65 bits per heavy atom. The van der Waals surface area contributed by atoms with Crippen LogP contribution in [0, 0.1) is 5.82 Å². The van der Waals surface area contributed by atoms with Crippen molar-refractivity contribution in [1.82, 2.24) is 20.3 Å². The Labute approximate surface area is 217 Å². The lowest BCUT2D eigenvalue weighted by molar-refractivity contribution is 0.0949. The number of fused-ring (bicyclic) bond motifs is 2. The number of H-pyrrole nitrogens is 1. The molecule has 3 heterocycles. The summed E-state index contributed by atoms with van der Waals surface area (Å²) in [6.07, 6.45) is 5.08. The highest BCUT2D eigenvalue weighted by Crippen LogP contribution is 2.24. The molecule has 0 atom stereocenters. The lowest BCUT2D eigenvalue weighted by atomic mass is 10.0. The van der Waals surface area contributed by atoms with E-state index in [0.29, 0.717) is 44.7 Å². The molecule has 5 rings (SSSR count). The van der Waals surface area contributed by atoms with Crippen LogP contribution in [0.25, 0.3) is 21.8 Å². The van der Waals surface area contributed by atoms with Gasteiger partial charge in [-0.1, -0.05) is 25.4 Å². The fourth-order valence-electron chi connectivity index (χ4n) is 4.03. The highest BCUT2D eigenvalue weighted by molar-refractivity contribution is 6.31. The normalized spacial score (nSPS) is 10.7. The molecule has 0 fully saturated rings. The molecule has 0 unspecified atom stereocenters. The number of carbonyl (C=O) groups is 2. The smallest absolute Gasteiger partial charge is 0.251 e. The van der Waals surface area contributed by atoms with Crippen molar-refractivity contribution < 1.29 is 14.0 Å². The quantitative estimate of drug-likeness (QED) is 0.274. The fourth-order valence-corrected chi connectivity index (χ4v) is 4.20. The lowest BCUT2D eigenvalue weighted by Crippen LogP contribution is -2.23. The molecule has 0 saturated carbocycles. The predicted octanol–water partition coefficient (Wildman–Crippen LogP) is 5.55. The second-order valence-electron chi connectivity index (χ2n) is 8.14. The summed E-state index contributed by atoms with van der Waals surface area (Å²) in [5, 5.41) is 4.74. The second-order valence-corrected chi connectivity index (χ2v) is 8.57. The summed E-state index contributed by atoms with van der Waals surface area (Å²) in [6, 6.07) is 13.4. The van der Waals surface area contributed by atoms with Crippen LogP contribution in [0.5, 0.6) is 0 Å². The largest absolute Gasteiger partial charge is 0.366 e. The molecule has 0 aliphatic carbocycles. The van der Waals surface area contributed by atoms with E-state index in [-0.39, 0.29) is 18.0 Å². The van der Waals surface area contributed by atoms with Gasteiger partial charge in [-0.05, 0) is 59.5 Å². The number of nitrogens with zero attached hydrogens (tertiary/aromatic N) is 2. The van der Waals surface area contributed by atoms with Crippen molar-refractivity contribution in [2.75, 3.05) is 0 Å². The van der Waals surface area contributed by atoms with Crippen molar-refractivity contribution >= 4 is 45.2 Å². The first kappa shape index (κ1) is 25.8. The van der Waals surface area contributed by atoms with Gasteiger partial charge in [-0.15, -0.1) is 0 Å². The van der Waals surface area contributed by atoms with Crippen molar-refractivity contribution in [3.05, 3.63) is 106 Å². The average molecular weight is 518 g/mol. The topological polar surface area (TPSA) is 114 Å². The monoisotopic (exact) mass is 517 g/mol. The maximum atomic E-state index is 14.4. The molecule has 188 valence electrons. The van der Waals surface area contributed by atoms with Crippen LogP contribution in [-0.2, 0) is 13.0 Å². The van der Waals surface area contributed by atoms with Crippen LogP contribution in [0.3, 0.4) is 0 Å². The summed E-state index contributed by atoms with van der Waals surface area (Å²) in [7, 11) is 0. The molecule has 4 N–H and O–H groups in total. The second kappa shape index (κ2) is 11.2. The molecule has 2 amide bonds. The minimum Gasteiger partial charge on any atom is -0.366 e. The molecule has 0 bridgehead atoms. The Hall–Kier alpha value is -4.30. The van der Waals surface area contributed by atoms with E-state index in [1.165, 1.54) is 18.5 Å². The molecule has 0 spiro atoms. The number of pyridine rings is 2. The van der Waals surface area contributed by atoms with E-state index in [9.17, 15) is 14.0 Å². The predicted molar refractivity (Wildman–Crippen MR) is 143 cm³/mol. The van der Waals surface area contributed by atoms with Gasteiger partial charge in [0.05, 0.1) is 16.1 Å². The zero-order valence-electron chi connectivity index (χ0n) is 20.3. The number of aromatic nitrogens is 3. The molecule has 0 saturated heterocycles. The van der Waals surface area contributed by atoms with Gasteiger partial charge < -0.3 is 16.0 Å². The van der Waals surface area contributed by atoms with E-state index < -0.39 is 11.7 Å². The fraction of sp³-hybridized carbons (Fsp3) is 0.143. The number of primary amides is 1. The summed E-state index contributed by atoms with van der Waals surface area (Å²) >= 11 is 6.06. The first-order chi connectivity index (χ1) is 17.9. The summed E-state index contributed by atoms with van der Waals surface area (Å²) in [6.45, 7) is 4.05. The Morgan fingerprint density at radius 1 is 1.05 bits per heavy atom. The molecular formula is C28H25ClFN5O2.